The number of hydrogen-bond acceptors (Lipinski definition) is 2. The molecule has 0 aromatic rings. The summed E-state index contributed by atoms with van der Waals surface area (Å²) in [6.45, 7) is 2.43. The van der Waals surface area contributed by atoms with Crippen molar-refractivity contribution in [2.45, 2.75) is 56.9 Å². The highest BCUT2D eigenvalue weighted by Crippen LogP contribution is 2.35. The van der Waals surface area contributed by atoms with Crippen molar-refractivity contribution in [3.63, 3.8) is 0 Å². The van der Waals surface area contributed by atoms with Crippen molar-refractivity contribution in [1.82, 2.24) is 10.2 Å². The Morgan fingerprint density at radius 1 is 1.12 bits per heavy atom. The van der Waals surface area contributed by atoms with Gasteiger partial charge in [0.15, 0.2) is 0 Å². The third kappa shape index (κ3) is 2.78. The van der Waals surface area contributed by atoms with Crippen LogP contribution in [0.5, 0.6) is 0 Å². The molecule has 1 saturated heterocycles. The molecule has 1 aliphatic carbocycles. The summed E-state index contributed by atoms with van der Waals surface area (Å²) < 4.78 is 0. The minimum absolute atomic E-state index is 0.459. The van der Waals surface area contributed by atoms with Gasteiger partial charge in [-0.3, -0.25) is 0 Å². The highest BCUT2D eigenvalue weighted by atomic mass is 15.2. The van der Waals surface area contributed by atoms with E-state index in [4.69, 9.17) is 0 Å². The highest BCUT2D eigenvalue weighted by Gasteiger charge is 2.36. The maximum atomic E-state index is 3.60. The molecular formula is C14H28N2. The van der Waals surface area contributed by atoms with Crippen molar-refractivity contribution < 1.29 is 0 Å². The Balaban J connectivity index is 1.95. The van der Waals surface area contributed by atoms with Gasteiger partial charge in [0, 0.05) is 12.1 Å². The molecule has 0 aromatic heterocycles. The Morgan fingerprint density at radius 2 is 1.88 bits per heavy atom. The number of hydrogen-bond donors (Lipinski definition) is 1. The van der Waals surface area contributed by atoms with E-state index in [1.165, 1.54) is 64.5 Å². The van der Waals surface area contributed by atoms with Crippen molar-refractivity contribution in [1.29, 1.82) is 0 Å². The molecule has 0 aromatic carbocycles. The fourth-order valence-corrected chi connectivity index (χ4v) is 3.62. The van der Waals surface area contributed by atoms with Gasteiger partial charge in [-0.1, -0.05) is 32.1 Å². The molecule has 1 atom stereocenters. The third-order valence-electron chi connectivity index (χ3n) is 4.79. The molecule has 0 amide bonds. The average molecular weight is 224 g/mol. The van der Waals surface area contributed by atoms with E-state index in [0.717, 1.165) is 5.92 Å². The van der Waals surface area contributed by atoms with Crippen LogP contribution < -0.4 is 5.32 Å². The number of piperidine rings is 1. The molecule has 1 heterocycles. The molecule has 1 N–H and O–H groups in total. The summed E-state index contributed by atoms with van der Waals surface area (Å²) in [7, 11) is 4.55. The quantitative estimate of drug-likeness (QED) is 0.793. The zero-order chi connectivity index (χ0) is 11.4. The van der Waals surface area contributed by atoms with Gasteiger partial charge in [0.1, 0.15) is 0 Å². The van der Waals surface area contributed by atoms with E-state index in [2.05, 4.69) is 24.3 Å². The lowest BCUT2D eigenvalue weighted by Gasteiger charge is -2.46. The molecular weight excluding hydrogens is 196 g/mol. The Kier molecular flexibility index (Phi) is 4.26. The van der Waals surface area contributed by atoms with Gasteiger partial charge in [-0.15, -0.1) is 0 Å². The van der Waals surface area contributed by atoms with Crippen molar-refractivity contribution in [3.05, 3.63) is 0 Å². The number of nitrogens with zero attached hydrogens (tertiary/aromatic N) is 1. The van der Waals surface area contributed by atoms with Crippen LogP contribution in [0.4, 0.5) is 0 Å². The standard InChI is InChI=1S/C14H28N2/c1-16(2)14(9-6-10-15-12-14)11-13-7-4-3-5-8-13/h13,15H,3-12H2,1-2H3. The van der Waals surface area contributed by atoms with E-state index < -0.39 is 0 Å². The van der Waals surface area contributed by atoms with Crippen LogP contribution in [0.2, 0.25) is 0 Å². The normalized spacial score (nSPS) is 33.2. The smallest absolute Gasteiger partial charge is 0.0330 e. The molecule has 1 saturated carbocycles. The average Bonchev–Trinajstić information content (AvgIpc) is 2.31. The van der Waals surface area contributed by atoms with Crippen LogP contribution in [0.25, 0.3) is 0 Å². The molecule has 0 spiro atoms. The Bertz CT molecular complexity index is 201. The zero-order valence-electron chi connectivity index (χ0n) is 11.1. The molecule has 16 heavy (non-hydrogen) atoms. The first-order valence-corrected chi connectivity index (χ1v) is 7.11. The fraction of sp³-hybridized carbons (Fsp3) is 1.00. The maximum absolute atomic E-state index is 3.60. The first kappa shape index (κ1) is 12.4. The van der Waals surface area contributed by atoms with Gasteiger partial charge in [0.05, 0.1) is 0 Å². The first-order chi connectivity index (χ1) is 7.73. The number of rotatable bonds is 3. The molecule has 0 bridgehead atoms. The first-order valence-electron chi connectivity index (χ1n) is 7.11. The van der Waals surface area contributed by atoms with Crippen LogP contribution in [0.15, 0.2) is 0 Å². The van der Waals surface area contributed by atoms with Crippen molar-refractivity contribution >= 4 is 0 Å². The molecule has 0 radical (unpaired) electrons. The van der Waals surface area contributed by atoms with Crippen molar-refractivity contribution in [2.75, 3.05) is 27.2 Å². The number of likely N-dealkylation sites (N-methyl/N-ethyl adjacent to an activating group) is 1. The Morgan fingerprint density at radius 3 is 2.44 bits per heavy atom. The molecule has 2 nitrogen and oxygen atoms in total. The van der Waals surface area contributed by atoms with Gasteiger partial charge >= 0.3 is 0 Å². The van der Waals surface area contributed by atoms with Gasteiger partial charge in [-0.05, 0) is 45.8 Å². The topological polar surface area (TPSA) is 15.3 Å². The Labute approximate surface area is 101 Å². The molecule has 2 rings (SSSR count). The minimum Gasteiger partial charge on any atom is -0.315 e. The summed E-state index contributed by atoms with van der Waals surface area (Å²) in [4.78, 5) is 2.49. The van der Waals surface area contributed by atoms with Crippen LogP contribution >= 0.6 is 0 Å². The van der Waals surface area contributed by atoms with E-state index >= 15 is 0 Å². The largest absolute Gasteiger partial charge is 0.315 e. The van der Waals surface area contributed by atoms with E-state index in [1.54, 1.807) is 0 Å². The summed E-state index contributed by atoms with van der Waals surface area (Å²) in [6, 6.07) is 0. The van der Waals surface area contributed by atoms with Crippen LogP contribution in [-0.4, -0.2) is 37.6 Å². The van der Waals surface area contributed by atoms with E-state index in [-0.39, 0.29) is 0 Å². The predicted molar refractivity (Wildman–Crippen MR) is 69.7 cm³/mol. The summed E-state index contributed by atoms with van der Waals surface area (Å²) in [5, 5.41) is 3.60. The molecule has 2 fully saturated rings. The second-order valence-corrected chi connectivity index (χ2v) is 6.11. The maximum Gasteiger partial charge on any atom is 0.0330 e. The van der Waals surface area contributed by atoms with Crippen molar-refractivity contribution in [2.24, 2.45) is 5.92 Å². The zero-order valence-corrected chi connectivity index (χ0v) is 11.1. The van der Waals surface area contributed by atoms with Crippen LogP contribution in [0.1, 0.15) is 51.4 Å². The molecule has 2 aliphatic rings. The lowest BCUT2D eigenvalue weighted by molar-refractivity contribution is 0.0758. The van der Waals surface area contributed by atoms with Gasteiger partial charge in [0.25, 0.3) is 0 Å². The van der Waals surface area contributed by atoms with Gasteiger partial charge in [-0.2, -0.15) is 0 Å². The minimum atomic E-state index is 0.459. The fourth-order valence-electron chi connectivity index (χ4n) is 3.62. The van der Waals surface area contributed by atoms with E-state index in [9.17, 15) is 0 Å². The lowest BCUT2D eigenvalue weighted by Crippen LogP contribution is -2.56. The van der Waals surface area contributed by atoms with E-state index in [0.29, 0.717) is 5.54 Å². The summed E-state index contributed by atoms with van der Waals surface area (Å²) in [6.07, 6.45) is 11.6. The molecule has 2 heteroatoms. The highest BCUT2D eigenvalue weighted by molar-refractivity contribution is 4.95. The van der Waals surface area contributed by atoms with Crippen LogP contribution in [0, 0.1) is 5.92 Å². The molecule has 94 valence electrons. The van der Waals surface area contributed by atoms with Gasteiger partial charge < -0.3 is 10.2 Å². The second-order valence-electron chi connectivity index (χ2n) is 6.11. The van der Waals surface area contributed by atoms with Gasteiger partial charge in [0.2, 0.25) is 0 Å². The van der Waals surface area contributed by atoms with Crippen LogP contribution in [0.3, 0.4) is 0 Å². The monoisotopic (exact) mass is 224 g/mol. The van der Waals surface area contributed by atoms with Crippen LogP contribution in [-0.2, 0) is 0 Å². The number of nitrogens with one attached hydrogen (secondary N) is 1. The van der Waals surface area contributed by atoms with Crippen molar-refractivity contribution in [3.8, 4) is 0 Å². The molecule has 1 aliphatic heterocycles. The SMILES string of the molecule is CN(C)C1(CC2CCCCC2)CCCNC1. The van der Waals surface area contributed by atoms with Gasteiger partial charge in [-0.25, -0.2) is 0 Å². The third-order valence-corrected chi connectivity index (χ3v) is 4.79. The van der Waals surface area contributed by atoms with E-state index in [1.807, 2.05) is 0 Å². The lowest BCUT2D eigenvalue weighted by atomic mass is 9.75. The summed E-state index contributed by atoms with van der Waals surface area (Å²) in [5.74, 6) is 0.996. The summed E-state index contributed by atoms with van der Waals surface area (Å²) >= 11 is 0. The summed E-state index contributed by atoms with van der Waals surface area (Å²) in [5.41, 5.74) is 0.459. The Hall–Kier alpha value is -0.0800. The second kappa shape index (κ2) is 5.50. The molecule has 1 unspecified atom stereocenters. The predicted octanol–water partition coefficient (Wildman–Crippen LogP) is 2.64.